The number of imidazole rings is 1. The molecule has 0 bridgehead atoms. The molecule has 0 atom stereocenters. The number of hydrogen-bond acceptors (Lipinski definition) is 5. The Hall–Kier alpha value is -3.00. The van der Waals surface area contributed by atoms with Crippen LogP contribution in [0.15, 0.2) is 24.3 Å². The minimum absolute atomic E-state index is 0.0350. The second-order valence-electron chi connectivity index (χ2n) is 7.03. The van der Waals surface area contributed by atoms with Crippen molar-refractivity contribution in [3.8, 4) is 0 Å². The maximum atomic E-state index is 12.8. The molecule has 0 spiro atoms. The number of amides is 2. The zero-order valence-corrected chi connectivity index (χ0v) is 16.8. The van der Waals surface area contributed by atoms with E-state index in [2.05, 4.69) is 15.6 Å². The molecule has 2 aromatic rings. The SMILES string of the molecule is COCCCNC(=O)c1nc(C(=O)Nc2ccc(C(C)=O)cc2)c2n1CCCC2. The maximum absolute atomic E-state index is 12.8. The molecule has 1 aliphatic rings. The first-order chi connectivity index (χ1) is 14.0. The first-order valence-electron chi connectivity index (χ1n) is 9.80. The minimum Gasteiger partial charge on any atom is -0.385 e. The van der Waals surface area contributed by atoms with E-state index in [1.165, 1.54) is 6.92 Å². The van der Waals surface area contributed by atoms with Crippen molar-refractivity contribution in [2.24, 2.45) is 0 Å². The van der Waals surface area contributed by atoms with Gasteiger partial charge < -0.3 is 19.9 Å². The predicted molar refractivity (Wildman–Crippen MR) is 108 cm³/mol. The standard InChI is InChI=1S/C21H26N4O4/c1-14(26)15-7-9-16(10-8-15)23-20(27)18-17-6-3-4-12-25(17)19(24-18)21(28)22-11-5-13-29-2/h7-10H,3-6,11-13H2,1-2H3,(H,22,28)(H,23,27). The van der Waals surface area contributed by atoms with Gasteiger partial charge in [0.1, 0.15) is 0 Å². The Kier molecular flexibility index (Phi) is 6.77. The van der Waals surface area contributed by atoms with Gasteiger partial charge in [0.2, 0.25) is 0 Å². The number of benzene rings is 1. The van der Waals surface area contributed by atoms with Crippen molar-refractivity contribution in [3.63, 3.8) is 0 Å². The van der Waals surface area contributed by atoms with Gasteiger partial charge in [0.15, 0.2) is 17.3 Å². The summed E-state index contributed by atoms with van der Waals surface area (Å²) in [6, 6.07) is 6.69. The van der Waals surface area contributed by atoms with Gasteiger partial charge in [-0.25, -0.2) is 4.98 Å². The van der Waals surface area contributed by atoms with Crippen LogP contribution in [0, 0.1) is 0 Å². The summed E-state index contributed by atoms with van der Waals surface area (Å²) in [5.74, 6) is -0.403. The van der Waals surface area contributed by atoms with Crippen LogP contribution < -0.4 is 10.6 Å². The van der Waals surface area contributed by atoms with Crippen LogP contribution in [0.25, 0.3) is 0 Å². The normalized spacial score (nSPS) is 12.9. The highest BCUT2D eigenvalue weighted by Crippen LogP contribution is 2.22. The van der Waals surface area contributed by atoms with Crippen molar-refractivity contribution >= 4 is 23.3 Å². The lowest BCUT2D eigenvalue weighted by Gasteiger charge is -2.17. The molecule has 0 saturated heterocycles. The molecule has 2 heterocycles. The lowest BCUT2D eigenvalue weighted by molar-refractivity contribution is 0.0932. The summed E-state index contributed by atoms with van der Waals surface area (Å²) < 4.78 is 6.84. The molecule has 1 aromatic heterocycles. The lowest BCUT2D eigenvalue weighted by atomic mass is 10.1. The molecule has 8 nitrogen and oxygen atoms in total. The summed E-state index contributed by atoms with van der Waals surface area (Å²) in [6.45, 7) is 3.21. The zero-order chi connectivity index (χ0) is 20.8. The van der Waals surface area contributed by atoms with E-state index in [-0.39, 0.29) is 29.1 Å². The number of rotatable bonds is 8. The molecule has 0 unspecified atom stereocenters. The van der Waals surface area contributed by atoms with Crippen LogP contribution >= 0.6 is 0 Å². The fourth-order valence-corrected chi connectivity index (χ4v) is 3.37. The number of nitrogens with one attached hydrogen (secondary N) is 2. The van der Waals surface area contributed by atoms with E-state index in [0.717, 1.165) is 18.5 Å². The Morgan fingerprint density at radius 3 is 2.59 bits per heavy atom. The van der Waals surface area contributed by atoms with Gasteiger partial charge in [-0.3, -0.25) is 14.4 Å². The predicted octanol–water partition coefficient (Wildman–Crippen LogP) is 2.44. The lowest BCUT2D eigenvalue weighted by Crippen LogP contribution is -2.29. The molecular weight excluding hydrogens is 372 g/mol. The molecule has 0 aliphatic carbocycles. The van der Waals surface area contributed by atoms with Crippen molar-refractivity contribution in [3.05, 3.63) is 47.0 Å². The van der Waals surface area contributed by atoms with E-state index < -0.39 is 0 Å². The Morgan fingerprint density at radius 2 is 1.90 bits per heavy atom. The quantitative estimate of drug-likeness (QED) is 0.525. The van der Waals surface area contributed by atoms with Crippen LogP contribution in [0.5, 0.6) is 0 Å². The molecule has 8 heteroatoms. The van der Waals surface area contributed by atoms with E-state index in [0.29, 0.717) is 43.8 Å². The summed E-state index contributed by atoms with van der Waals surface area (Å²) in [4.78, 5) is 41.2. The first kappa shape index (κ1) is 20.7. The summed E-state index contributed by atoms with van der Waals surface area (Å²) in [7, 11) is 1.62. The van der Waals surface area contributed by atoms with Gasteiger partial charge in [0, 0.05) is 38.1 Å². The number of anilines is 1. The number of carbonyl (C=O) groups is 3. The van der Waals surface area contributed by atoms with E-state index in [9.17, 15) is 14.4 Å². The molecule has 1 aromatic carbocycles. The number of nitrogens with zero attached hydrogens (tertiary/aromatic N) is 2. The van der Waals surface area contributed by atoms with Crippen molar-refractivity contribution in [2.45, 2.75) is 39.2 Å². The number of ether oxygens (including phenoxy) is 1. The van der Waals surface area contributed by atoms with Crippen molar-refractivity contribution < 1.29 is 19.1 Å². The van der Waals surface area contributed by atoms with E-state index in [1.54, 1.807) is 31.4 Å². The van der Waals surface area contributed by atoms with E-state index >= 15 is 0 Å². The molecule has 154 valence electrons. The molecule has 0 radical (unpaired) electrons. The van der Waals surface area contributed by atoms with Crippen LogP contribution in [-0.4, -0.2) is 47.4 Å². The molecular formula is C21H26N4O4. The Bertz CT molecular complexity index is 902. The van der Waals surface area contributed by atoms with Crippen molar-refractivity contribution in [2.75, 3.05) is 25.6 Å². The third-order valence-electron chi connectivity index (χ3n) is 4.90. The van der Waals surface area contributed by atoms with Gasteiger partial charge in [-0.15, -0.1) is 0 Å². The van der Waals surface area contributed by atoms with Gasteiger partial charge in [0.25, 0.3) is 11.8 Å². The van der Waals surface area contributed by atoms with E-state index in [1.807, 2.05) is 4.57 Å². The molecule has 0 saturated carbocycles. The second kappa shape index (κ2) is 9.47. The fraction of sp³-hybridized carbons (Fsp3) is 0.429. The summed E-state index contributed by atoms with van der Waals surface area (Å²) in [5, 5.41) is 5.65. The average molecular weight is 398 g/mol. The number of carbonyl (C=O) groups excluding carboxylic acids is 3. The smallest absolute Gasteiger partial charge is 0.287 e. The highest BCUT2D eigenvalue weighted by atomic mass is 16.5. The maximum Gasteiger partial charge on any atom is 0.287 e. The Morgan fingerprint density at radius 1 is 1.14 bits per heavy atom. The summed E-state index contributed by atoms with van der Waals surface area (Å²) in [6.07, 6.45) is 3.31. The highest BCUT2D eigenvalue weighted by Gasteiger charge is 2.27. The molecule has 1 aliphatic heterocycles. The van der Waals surface area contributed by atoms with Gasteiger partial charge in [-0.2, -0.15) is 0 Å². The number of hydrogen-bond donors (Lipinski definition) is 2. The number of ketones is 1. The monoisotopic (exact) mass is 398 g/mol. The summed E-state index contributed by atoms with van der Waals surface area (Å²) in [5.41, 5.74) is 2.22. The Labute approximate surface area is 169 Å². The Balaban J connectivity index is 1.77. The van der Waals surface area contributed by atoms with Gasteiger partial charge in [-0.1, -0.05) is 0 Å². The first-order valence-corrected chi connectivity index (χ1v) is 9.80. The number of aromatic nitrogens is 2. The number of Topliss-reactive ketones (excluding diaryl/α,β-unsaturated/α-hetero) is 1. The van der Waals surface area contributed by atoms with Gasteiger partial charge in [-0.05, 0) is 56.9 Å². The van der Waals surface area contributed by atoms with E-state index in [4.69, 9.17) is 4.74 Å². The molecule has 2 amide bonds. The third kappa shape index (κ3) is 4.89. The summed E-state index contributed by atoms with van der Waals surface area (Å²) >= 11 is 0. The number of fused-ring (bicyclic) bond motifs is 1. The molecule has 3 rings (SSSR count). The molecule has 29 heavy (non-hydrogen) atoms. The number of methoxy groups -OCH3 is 1. The van der Waals surface area contributed by atoms with Crippen LogP contribution in [0.1, 0.15) is 63.3 Å². The topological polar surface area (TPSA) is 102 Å². The molecule has 2 N–H and O–H groups in total. The van der Waals surface area contributed by atoms with Crippen molar-refractivity contribution in [1.29, 1.82) is 0 Å². The minimum atomic E-state index is -0.357. The highest BCUT2D eigenvalue weighted by molar-refractivity contribution is 6.05. The molecule has 0 fully saturated rings. The average Bonchev–Trinajstić information content (AvgIpc) is 3.11. The third-order valence-corrected chi connectivity index (χ3v) is 4.90. The van der Waals surface area contributed by atoms with Gasteiger partial charge in [0.05, 0.1) is 5.69 Å². The van der Waals surface area contributed by atoms with Crippen LogP contribution in [-0.2, 0) is 17.7 Å². The fourth-order valence-electron chi connectivity index (χ4n) is 3.37. The van der Waals surface area contributed by atoms with Gasteiger partial charge >= 0.3 is 0 Å². The van der Waals surface area contributed by atoms with Crippen LogP contribution in [0.3, 0.4) is 0 Å². The van der Waals surface area contributed by atoms with Crippen LogP contribution in [0.2, 0.25) is 0 Å². The van der Waals surface area contributed by atoms with Crippen molar-refractivity contribution in [1.82, 2.24) is 14.9 Å². The largest absolute Gasteiger partial charge is 0.385 e. The second-order valence-corrected chi connectivity index (χ2v) is 7.03. The van der Waals surface area contributed by atoms with Crippen LogP contribution in [0.4, 0.5) is 5.69 Å². The zero-order valence-electron chi connectivity index (χ0n) is 16.8.